The summed E-state index contributed by atoms with van der Waals surface area (Å²) in [5.74, 6) is 0. The molecule has 0 saturated carbocycles. The topological polar surface area (TPSA) is 26.0 Å². The van der Waals surface area contributed by atoms with Crippen molar-refractivity contribution in [3.63, 3.8) is 0 Å². The number of nitrogens with zero attached hydrogens (tertiary/aromatic N) is 1. The first kappa shape index (κ1) is 6.47. The van der Waals surface area contributed by atoms with Crippen LogP contribution in [-0.2, 0) is 0 Å². The van der Waals surface area contributed by atoms with E-state index in [9.17, 15) is 0 Å². The van der Waals surface area contributed by atoms with Crippen molar-refractivity contribution in [3.8, 4) is 0 Å². The molecule has 0 saturated heterocycles. The van der Waals surface area contributed by atoms with Crippen molar-refractivity contribution in [2.45, 2.75) is 0 Å². The van der Waals surface area contributed by atoms with Gasteiger partial charge in [0.25, 0.3) is 0 Å². The Labute approximate surface area is 65.5 Å². The fourth-order valence-electron chi connectivity index (χ4n) is 0.176. The summed E-state index contributed by atoms with van der Waals surface area (Å²) in [6.07, 6.45) is 3.10. The number of hydrogen-bond donors (Lipinski definition) is 0. The molecule has 0 radical (unpaired) electrons. The zero-order chi connectivity index (χ0) is 3.54. The first-order valence-electron chi connectivity index (χ1n) is 1.34. The van der Waals surface area contributed by atoms with Crippen LogP contribution in [0.2, 0.25) is 0 Å². The summed E-state index contributed by atoms with van der Waals surface area (Å²) < 4.78 is 4.33. The van der Waals surface area contributed by atoms with E-state index in [1.165, 1.54) is 6.26 Å². The Kier molecular flexibility index (Phi) is 3.94. The maximum atomic E-state index is 4.33. The Morgan fingerprint density at radius 3 is 2.50 bits per heavy atom. The van der Waals surface area contributed by atoms with Crippen molar-refractivity contribution in [3.05, 3.63) is 18.5 Å². The monoisotopic (exact) mass is 111 g/mol. The van der Waals surface area contributed by atoms with Gasteiger partial charge in [-0.2, -0.15) is 0 Å². The summed E-state index contributed by atoms with van der Waals surface area (Å²) >= 11 is 0. The number of rotatable bonds is 0. The van der Waals surface area contributed by atoms with Crippen LogP contribution in [0.3, 0.4) is 0 Å². The molecule has 0 bridgehead atoms. The van der Waals surface area contributed by atoms with Gasteiger partial charge in [-0.05, 0) is 6.07 Å². The van der Waals surface area contributed by atoms with Crippen LogP contribution in [0.5, 0.6) is 0 Å². The van der Waals surface area contributed by atoms with Crippen LogP contribution in [0.25, 0.3) is 0 Å². The van der Waals surface area contributed by atoms with Gasteiger partial charge in [0, 0.05) is 0 Å². The molecule has 0 fully saturated rings. The Bertz CT molecular complexity index is 67.3. The SMILES string of the molecule is [CaH2].c1cnoc1. The predicted octanol–water partition coefficient (Wildman–Crippen LogP) is -0.242. The maximum absolute atomic E-state index is 4.33. The fourth-order valence-corrected chi connectivity index (χ4v) is 0.176. The van der Waals surface area contributed by atoms with Crippen molar-refractivity contribution in [1.82, 2.24) is 5.16 Å². The van der Waals surface area contributed by atoms with Gasteiger partial charge < -0.3 is 4.52 Å². The van der Waals surface area contributed by atoms with E-state index in [1.807, 2.05) is 0 Å². The van der Waals surface area contributed by atoms with Crippen molar-refractivity contribution in [1.29, 1.82) is 0 Å². The molecule has 0 amide bonds. The second-order valence-corrected chi connectivity index (χ2v) is 0.688. The summed E-state index contributed by atoms with van der Waals surface area (Å²) in [6, 6.07) is 1.72. The minimum absolute atomic E-state index is 0. The first-order chi connectivity index (χ1) is 2.50. The summed E-state index contributed by atoms with van der Waals surface area (Å²) in [7, 11) is 0. The zero-order valence-electron chi connectivity index (χ0n) is 2.59. The van der Waals surface area contributed by atoms with E-state index in [0.717, 1.165) is 0 Å². The molecule has 0 aliphatic heterocycles. The second kappa shape index (κ2) is 3.65. The van der Waals surface area contributed by atoms with Crippen molar-refractivity contribution in [2.75, 3.05) is 0 Å². The molecule has 0 unspecified atom stereocenters. The van der Waals surface area contributed by atoms with Gasteiger partial charge in [-0.3, -0.25) is 0 Å². The van der Waals surface area contributed by atoms with Crippen molar-refractivity contribution >= 4 is 37.7 Å². The number of aromatic nitrogens is 1. The molecule has 0 aliphatic rings. The summed E-state index contributed by atoms with van der Waals surface area (Å²) in [6.45, 7) is 0. The Morgan fingerprint density at radius 2 is 2.33 bits per heavy atom. The molecule has 1 aromatic heterocycles. The van der Waals surface area contributed by atoms with E-state index >= 15 is 0 Å². The third-order valence-corrected chi connectivity index (χ3v) is 0.347. The fraction of sp³-hybridized carbons (Fsp3) is 0. The third kappa shape index (κ3) is 1.80. The van der Waals surface area contributed by atoms with Crippen LogP contribution < -0.4 is 0 Å². The molecule has 0 aliphatic carbocycles. The largest absolute Gasteiger partial charge is 0.365 e. The quantitative estimate of drug-likeness (QED) is 0.432. The Morgan fingerprint density at radius 1 is 1.50 bits per heavy atom. The standard InChI is InChI=1S/C3H3NO.Ca.2H/c1-2-4-5-3-1;;;/h1-3H;;;. The average Bonchev–Trinajstić information content (AvgIpc) is 1.76. The third-order valence-electron chi connectivity index (χ3n) is 0.347. The van der Waals surface area contributed by atoms with Crippen LogP contribution in [0.1, 0.15) is 0 Å². The van der Waals surface area contributed by atoms with Gasteiger partial charge in [0.15, 0.2) is 0 Å². The minimum atomic E-state index is 0. The molecule has 0 spiro atoms. The minimum Gasteiger partial charge on any atom is -0.365 e. The molecule has 1 rings (SSSR count). The molecular formula is C3H5CaNO. The van der Waals surface area contributed by atoms with Gasteiger partial charge in [-0.25, -0.2) is 0 Å². The van der Waals surface area contributed by atoms with E-state index in [1.54, 1.807) is 12.3 Å². The normalized spacial score (nSPS) is 6.67. The molecular weight excluding hydrogens is 106 g/mol. The van der Waals surface area contributed by atoms with Gasteiger partial charge in [-0.15, -0.1) is 0 Å². The molecule has 0 N–H and O–H groups in total. The Balaban J connectivity index is 0.000000250. The molecule has 1 aromatic rings. The molecule has 3 heteroatoms. The average molecular weight is 111 g/mol. The van der Waals surface area contributed by atoms with Gasteiger partial charge in [0.1, 0.15) is 6.26 Å². The van der Waals surface area contributed by atoms with E-state index in [-0.39, 0.29) is 37.7 Å². The smallest absolute Gasteiger partial charge is 0.123 e. The van der Waals surface area contributed by atoms with E-state index < -0.39 is 0 Å². The zero-order valence-corrected chi connectivity index (χ0v) is 2.59. The van der Waals surface area contributed by atoms with Gasteiger partial charge >= 0.3 is 37.7 Å². The summed E-state index contributed by atoms with van der Waals surface area (Å²) in [5.41, 5.74) is 0. The van der Waals surface area contributed by atoms with Crippen LogP contribution in [-0.4, -0.2) is 42.9 Å². The summed E-state index contributed by atoms with van der Waals surface area (Å²) in [4.78, 5) is 0. The van der Waals surface area contributed by atoms with E-state index in [4.69, 9.17) is 0 Å². The van der Waals surface area contributed by atoms with Gasteiger partial charge in [-0.1, -0.05) is 5.16 Å². The molecule has 2 nitrogen and oxygen atoms in total. The van der Waals surface area contributed by atoms with E-state index in [0.29, 0.717) is 0 Å². The van der Waals surface area contributed by atoms with Crippen molar-refractivity contribution in [2.24, 2.45) is 0 Å². The molecule has 30 valence electrons. The van der Waals surface area contributed by atoms with Crippen LogP contribution in [0, 0.1) is 0 Å². The molecule has 1 heterocycles. The Hall–Kier alpha value is 0.470. The maximum Gasteiger partial charge on any atom is 0.123 e. The first-order valence-corrected chi connectivity index (χ1v) is 1.34. The molecule has 0 atom stereocenters. The van der Waals surface area contributed by atoms with E-state index in [2.05, 4.69) is 9.68 Å². The van der Waals surface area contributed by atoms with Gasteiger partial charge in [0.2, 0.25) is 0 Å². The van der Waals surface area contributed by atoms with Gasteiger partial charge in [0.05, 0.1) is 6.20 Å². The van der Waals surface area contributed by atoms with Crippen LogP contribution in [0.15, 0.2) is 23.0 Å². The van der Waals surface area contributed by atoms with Crippen LogP contribution >= 0.6 is 0 Å². The summed E-state index contributed by atoms with van der Waals surface area (Å²) in [5, 5.41) is 3.35. The molecule has 0 aromatic carbocycles. The van der Waals surface area contributed by atoms with Crippen LogP contribution in [0.4, 0.5) is 0 Å². The second-order valence-electron chi connectivity index (χ2n) is 0.688. The molecule has 6 heavy (non-hydrogen) atoms. The van der Waals surface area contributed by atoms with Crippen molar-refractivity contribution < 1.29 is 4.52 Å². The number of hydrogen-bond acceptors (Lipinski definition) is 2. The predicted molar refractivity (Wildman–Crippen MR) is 25.0 cm³/mol.